The molecule has 0 bridgehead atoms. The lowest BCUT2D eigenvalue weighted by Crippen LogP contribution is -2.48. The van der Waals surface area contributed by atoms with Crippen LogP contribution in [0, 0.1) is 28.8 Å². The SMILES string of the molecule is CCC#N.Fc1ccc(C2CN(Cc3ccc(F)c(F)c3)CCN2c2ccc(Cl)cc2Cl)cc1.Nc1ccc(Cl)cc1Cl. The van der Waals surface area contributed by atoms with Crippen LogP contribution in [0.3, 0.4) is 0 Å². The van der Waals surface area contributed by atoms with Crippen LogP contribution in [0.2, 0.25) is 20.1 Å². The molecule has 43 heavy (non-hydrogen) atoms. The fraction of sp³-hybridized carbons (Fsp3) is 0.219. The molecular weight excluding hydrogens is 639 g/mol. The zero-order chi connectivity index (χ0) is 31.5. The van der Waals surface area contributed by atoms with Crippen molar-refractivity contribution in [2.24, 2.45) is 0 Å². The maximum Gasteiger partial charge on any atom is 0.159 e. The second kappa shape index (κ2) is 16.7. The molecule has 0 radical (unpaired) electrons. The number of halogens is 7. The van der Waals surface area contributed by atoms with Gasteiger partial charge in [0.05, 0.1) is 33.5 Å². The highest BCUT2D eigenvalue weighted by Crippen LogP contribution is 2.37. The topological polar surface area (TPSA) is 56.3 Å². The molecule has 2 N–H and O–H groups in total. The summed E-state index contributed by atoms with van der Waals surface area (Å²) in [6.45, 7) is 4.28. The molecule has 1 fully saturated rings. The Morgan fingerprint density at radius 1 is 0.814 bits per heavy atom. The summed E-state index contributed by atoms with van der Waals surface area (Å²) in [5.41, 5.74) is 8.45. The van der Waals surface area contributed by atoms with Crippen molar-refractivity contribution in [3.63, 3.8) is 0 Å². The van der Waals surface area contributed by atoms with Crippen molar-refractivity contribution in [3.05, 3.63) is 128 Å². The first kappa shape index (κ1) is 34.4. The molecule has 4 aromatic rings. The van der Waals surface area contributed by atoms with Gasteiger partial charge in [0, 0.05) is 42.6 Å². The molecule has 0 aromatic heterocycles. The Kier molecular flexibility index (Phi) is 13.3. The minimum absolute atomic E-state index is 0.0941. The Hall–Kier alpha value is -3.12. The Balaban J connectivity index is 0.000000324. The number of rotatable bonds is 4. The Morgan fingerprint density at radius 2 is 1.44 bits per heavy atom. The lowest BCUT2D eigenvalue weighted by molar-refractivity contribution is 0.215. The molecular formula is C32H29Cl4F3N4. The van der Waals surface area contributed by atoms with Crippen LogP contribution in [0.25, 0.3) is 0 Å². The van der Waals surface area contributed by atoms with Crippen LogP contribution in [-0.2, 0) is 6.54 Å². The largest absolute Gasteiger partial charge is 0.398 e. The molecule has 4 nitrogen and oxygen atoms in total. The van der Waals surface area contributed by atoms with E-state index in [0.717, 1.165) is 17.3 Å². The van der Waals surface area contributed by atoms with Crippen molar-refractivity contribution < 1.29 is 13.2 Å². The summed E-state index contributed by atoms with van der Waals surface area (Å²) in [6.07, 6.45) is 0.625. The van der Waals surface area contributed by atoms with Gasteiger partial charge in [-0.1, -0.05) is 71.5 Å². The van der Waals surface area contributed by atoms with E-state index in [0.29, 0.717) is 63.9 Å². The van der Waals surface area contributed by atoms with Crippen molar-refractivity contribution in [2.75, 3.05) is 30.3 Å². The van der Waals surface area contributed by atoms with E-state index in [1.807, 2.05) is 19.1 Å². The van der Waals surface area contributed by atoms with E-state index in [1.165, 1.54) is 18.2 Å². The minimum atomic E-state index is -0.856. The molecule has 0 saturated carbocycles. The molecule has 1 aliphatic rings. The van der Waals surface area contributed by atoms with Gasteiger partial charge >= 0.3 is 0 Å². The van der Waals surface area contributed by atoms with Crippen LogP contribution in [0.5, 0.6) is 0 Å². The van der Waals surface area contributed by atoms with Gasteiger partial charge in [-0.3, -0.25) is 4.90 Å². The quantitative estimate of drug-likeness (QED) is 0.220. The number of benzene rings is 4. The van der Waals surface area contributed by atoms with Gasteiger partial charge in [0.15, 0.2) is 11.6 Å². The normalized spacial score (nSPS) is 14.6. The number of nitriles is 1. The van der Waals surface area contributed by atoms with E-state index in [1.54, 1.807) is 48.5 Å². The van der Waals surface area contributed by atoms with Crippen LogP contribution in [0.4, 0.5) is 24.5 Å². The van der Waals surface area contributed by atoms with E-state index in [2.05, 4.69) is 9.80 Å². The molecule has 1 atom stereocenters. The van der Waals surface area contributed by atoms with Crippen LogP contribution in [0.1, 0.15) is 30.5 Å². The molecule has 0 amide bonds. The highest BCUT2D eigenvalue weighted by Gasteiger charge is 2.30. The zero-order valence-electron chi connectivity index (χ0n) is 23.2. The number of piperazine rings is 1. The van der Waals surface area contributed by atoms with Gasteiger partial charge in [0.2, 0.25) is 0 Å². The molecule has 1 unspecified atom stereocenters. The number of nitrogens with two attached hydrogens (primary N) is 1. The average Bonchev–Trinajstić information content (AvgIpc) is 2.98. The molecule has 226 valence electrons. The predicted molar refractivity (Wildman–Crippen MR) is 171 cm³/mol. The number of nitrogen functional groups attached to an aromatic ring is 1. The molecule has 4 aromatic carbocycles. The molecule has 5 rings (SSSR count). The summed E-state index contributed by atoms with van der Waals surface area (Å²) >= 11 is 23.7. The van der Waals surface area contributed by atoms with E-state index >= 15 is 0 Å². The fourth-order valence-corrected chi connectivity index (χ4v) is 5.28. The van der Waals surface area contributed by atoms with Gasteiger partial charge in [0.1, 0.15) is 5.82 Å². The Morgan fingerprint density at radius 3 is 2.00 bits per heavy atom. The van der Waals surface area contributed by atoms with Gasteiger partial charge in [-0.2, -0.15) is 5.26 Å². The monoisotopic (exact) mass is 666 g/mol. The van der Waals surface area contributed by atoms with Gasteiger partial charge in [-0.15, -0.1) is 0 Å². The first-order valence-corrected chi connectivity index (χ1v) is 14.7. The van der Waals surface area contributed by atoms with Crippen LogP contribution in [0.15, 0.2) is 78.9 Å². The van der Waals surface area contributed by atoms with E-state index in [9.17, 15) is 13.2 Å². The summed E-state index contributed by atoms with van der Waals surface area (Å²) in [5.74, 6) is -2.01. The third-order valence-corrected chi connectivity index (χ3v) is 7.55. The second-order valence-electron chi connectivity index (χ2n) is 9.52. The third-order valence-electron chi connectivity index (χ3n) is 6.45. The maximum absolute atomic E-state index is 13.6. The van der Waals surface area contributed by atoms with Crippen molar-refractivity contribution in [3.8, 4) is 6.07 Å². The van der Waals surface area contributed by atoms with Crippen molar-refractivity contribution in [1.29, 1.82) is 5.26 Å². The summed E-state index contributed by atoms with van der Waals surface area (Å²) in [4.78, 5) is 4.34. The van der Waals surface area contributed by atoms with Gasteiger partial charge < -0.3 is 10.6 Å². The van der Waals surface area contributed by atoms with Gasteiger partial charge in [0.25, 0.3) is 0 Å². The van der Waals surface area contributed by atoms with Crippen molar-refractivity contribution >= 4 is 57.8 Å². The average molecular weight is 668 g/mol. The number of anilines is 2. The number of nitrogens with zero attached hydrogens (tertiary/aromatic N) is 3. The van der Waals surface area contributed by atoms with Crippen molar-refractivity contribution in [2.45, 2.75) is 25.9 Å². The second-order valence-corrected chi connectivity index (χ2v) is 11.2. The highest BCUT2D eigenvalue weighted by atomic mass is 35.5. The van der Waals surface area contributed by atoms with Crippen LogP contribution >= 0.6 is 46.4 Å². The summed E-state index contributed by atoms with van der Waals surface area (Å²) < 4.78 is 40.4. The molecule has 1 saturated heterocycles. The fourth-order valence-electron chi connectivity index (χ4n) is 4.35. The van der Waals surface area contributed by atoms with E-state index in [-0.39, 0.29) is 11.9 Å². The van der Waals surface area contributed by atoms with E-state index < -0.39 is 11.6 Å². The maximum atomic E-state index is 13.6. The minimum Gasteiger partial charge on any atom is -0.398 e. The molecule has 0 aliphatic carbocycles. The highest BCUT2D eigenvalue weighted by molar-refractivity contribution is 6.36. The first-order chi connectivity index (χ1) is 20.5. The molecule has 1 aliphatic heterocycles. The summed E-state index contributed by atoms with van der Waals surface area (Å²) in [7, 11) is 0. The van der Waals surface area contributed by atoms with Gasteiger partial charge in [-0.25, -0.2) is 13.2 Å². The molecule has 11 heteroatoms. The van der Waals surface area contributed by atoms with Crippen LogP contribution < -0.4 is 10.6 Å². The van der Waals surface area contributed by atoms with Crippen molar-refractivity contribution in [1.82, 2.24) is 4.90 Å². The summed E-state index contributed by atoms with van der Waals surface area (Å²) in [5, 5.41) is 9.83. The lowest BCUT2D eigenvalue weighted by Gasteiger charge is -2.43. The van der Waals surface area contributed by atoms with Gasteiger partial charge in [-0.05, 0) is 71.8 Å². The molecule has 1 heterocycles. The van der Waals surface area contributed by atoms with E-state index in [4.69, 9.17) is 57.4 Å². The number of hydrogen-bond acceptors (Lipinski definition) is 4. The smallest absolute Gasteiger partial charge is 0.159 e. The third kappa shape index (κ3) is 10.2. The Bertz CT molecular complexity index is 1550. The zero-order valence-corrected chi connectivity index (χ0v) is 26.2. The lowest BCUT2D eigenvalue weighted by atomic mass is 10.0. The first-order valence-electron chi connectivity index (χ1n) is 13.2. The Labute approximate surface area is 269 Å². The predicted octanol–water partition coefficient (Wildman–Crippen LogP) is 9.97. The molecule has 0 spiro atoms. The number of hydrogen-bond donors (Lipinski definition) is 1. The van der Waals surface area contributed by atoms with Crippen LogP contribution in [-0.4, -0.2) is 24.5 Å². The standard InChI is InChI=1S/C23H19Cl2F3N2.C6H5Cl2N.C3H5N/c24-17-4-8-22(19(25)12-17)30-10-9-29(13-15-1-7-20(27)21(28)11-15)14-23(30)16-2-5-18(26)6-3-16;7-4-1-2-6(9)5(8)3-4;1-2-3-4/h1-8,11-12,23H,9-10,13-14H2;1-3H,9H2;2H2,1H3. The summed E-state index contributed by atoms with van der Waals surface area (Å²) in [6, 6.07) is 22.5.